The first-order valence-electron chi connectivity index (χ1n) is 4.34. The summed E-state index contributed by atoms with van der Waals surface area (Å²) in [5.74, 6) is 0. The second-order valence-corrected chi connectivity index (χ2v) is 3.59. The molecule has 0 aliphatic heterocycles. The molecule has 2 aromatic rings. The van der Waals surface area contributed by atoms with E-state index in [0.717, 1.165) is 17.6 Å². The fourth-order valence-corrected chi connectivity index (χ4v) is 1.55. The third kappa shape index (κ3) is 2.20. The summed E-state index contributed by atoms with van der Waals surface area (Å²) in [6.45, 7) is 0.850. The van der Waals surface area contributed by atoms with Gasteiger partial charge in [0.15, 0.2) is 0 Å². The Bertz CT molecular complexity index is 397. The molecular weight excluding hydrogens is 242 g/mol. The van der Waals surface area contributed by atoms with E-state index in [0.29, 0.717) is 0 Å². The number of nitrogens with zero attached hydrogens (tertiary/aromatic N) is 3. The first-order valence-corrected chi connectivity index (χ1v) is 5.46. The van der Waals surface area contributed by atoms with Crippen LogP contribution in [0.1, 0.15) is 11.3 Å². The van der Waals surface area contributed by atoms with Gasteiger partial charge in [-0.25, -0.2) is 4.98 Å². The Morgan fingerprint density at radius 1 is 1.29 bits per heavy atom. The highest BCUT2D eigenvalue weighted by Gasteiger charge is 1.97. The quantitative estimate of drug-likeness (QED) is 0.784. The summed E-state index contributed by atoms with van der Waals surface area (Å²) in [5, 5.41) is 0.802. The predicted molar refractivity (Wildman–Crippen MR) is 58.2 cm³/mol. The van der Waals surface area contributed by atoms with Crippen LogP contribution in [0.3, 0.4) is 0 Å². The molecule has 2 rings (SSSR count). The van der Waals surface area contributed by atoms with Crippen LogP contribution in [0.25, 0.3) is 0 Å². The Labute approximate surface area is 90.9 Å². The van der Waals surface area contributed by atoms with Crippen molar-refractivity contribution in [2.24, 2.45) is 0 Å². The van der Waals surface area contributed by atoms with E-state index in [9.17, 15) is 0 Å². The van der Waals surface area contributed by atoms with Crippen molar-refractivity contribution in [2.75, 3.05) is 0 Å². The summed E-state index contributed by atoms with van der Waals surface area (Å²) in [5.41, 5.74) is 2.29. The van der Waals surface area contributed by atoms with Gasteiger partial charge in [0.2, 0.25) is 0 Å². The Kier molecular flexibility index (Phi) is 2.93. The van der Waals surface area contributed by atoms with Crippen LogP contribution in [0, 0.1) is 0 Å². The number of imidazole rings is 1. The molecule has 2 heterocycles. The fourth-order valence-electron chi connectivity index (χ4n) is 1.26. The molecule has 0 spiro atoms. The highest BCUT2D eigenvalue weighted by atomic mass is 79.9. The molecule has 0 unspecified atom stereocenters. The second kappa shape index (κ2) is 4.37. The average molecular weight is 252 g/mol. The largest absolute Gasteiger partial charge is 0.333 e. The Morgan fingerprint density at radius 2 is 2.07 bits per heavy atom. The summed E-state index contributed by atoms with van der Waals surface area (Å²) in [7, 11) is 0. The van der Waals surface area contributed by atoms with Gasteiger partial charge < -0.3 is 4.57 Å². The van der Waals surface area contributed by atoms with Crippen LogP contribution in [0.5, 0.6) is 0 Å². The van der Waals surface area contributed by atoms with Crippen molar-refractivity contribution in [3.05, 3.63) is 48.3 Å². The number of aromatic nitrogens is 3. The third-order valence-electron chi connectivity index (χ3n) is 1.94. The summed E-state index contributed by atoms with van der Waals surface area (Å²) in [6.07, 6.45) is 7.49. The number of hydrogen-bond donors (Lipinski definition) is 0. The molecule has 72 valence electrons. The summed E-state index contributed by atoms with van der Waals surface area (Å²) in [6, 6.07) is 4.02. The third-order valence-corrected chi connectivity index (χ3v) is 2.51. The summed E-state index contributed by atoms with van der Waals surface area (Å²) in [4.78, 5) is 8.21. The van der Waals surface area contributed by atoms with E-state index >= 15 is 0 Å². The minimum atomic E-state index is 0.802. The van der Waals surface area contributed by atoms with E-state index in [2.05, 4.69) is 30.5 Å². The molecule has 0 aliphatic rings. The molecule has 0 saturated carbocycles. The summed E-state index contributed by atoms with van der Waals surface area (Å²) < 4.78 is 2.06. The predicted octanol–water partition coefficient (Wildman–Crippen LogP) is 2.22. The van der Waals surface area contributed by atoms with E-state index in [1.807, 2.05) is 24.7 Å². The molecule has 0 atom stereocenters. The first-order chi connectivity index (χ1) is 6.88. The van der Waals surface area contributed by atoms with Crippen LogP contribution < -0.4 is 0 Å². The van der Waals surface area contributed by atoms with Crippen LogP contribution in [-0.2, 0) is 11.9 Å². The van der Waals surface area contributed by atoms with Crippen molar-refractivity contribution in [3.63, 3.8) is 0 Å². The van der Waals surface area contributed by atoms with Crippen molar-refractivity contribution in [1.82, 2.24) is 14.5 Å². The molecule has 4 heteroatoms. The van der Waals surface area contributed by atoms with Gasteiger partial charge in [-0.3, -0.25) is 4.98 Å². The van der Waals surface area contributed by atoms with Crippen molar-refractivity contribution in [2.45, 2.75) is 11.9 Å². The van der Waals surface area contributed by atoms with Gasteiger partial charge in [-0.05, 0) is 17.7 Å². The zero-order valence-corrected chi connectivity index (χ0v) is 9.18. The highest BCUT2D eigenvalue weighted by Crippen LogP contribution is 2.05. The standard InChI is InChI=1S/C10H10BrN3/c11-5-10-7-14(8-13-10)6-9-1-3-12-4-2-9/h1-4,7-8H,5-6H2. The molecule has 0 radical (unpaired) electrons. The molecule has 14 heavy (non-hydrogen) atoms. The first kappa shape index (κ1) is 9.40. The molecular formula is C10H10BrN3. The maximum Gasteiger partial charge on any atom is 0.0952 e. The minimum Gasteiger partial charge on any atom is -0.333 e. The van der Waals surface area contributed by atoms with Crippen molar-refractivity contribution < 1.29 is 0 Å². The number of hydrogen-bond acceptors (Lipinski definition) is 2. The smallest absolute Gasteiger partial charge is 0.0952 e. The van der Waals surface area contributed by atoms with Crippen LogP contribution in [0.2, 0.25) is 0 Å². The van der Waals surface area contributed by atoms with Gasteiger partial charge in [0.05, 0.1) is 12.0 Å². The lowest BCUT2D eigenvalue weighted by atomic mass is 10.3. The van der Waals surface area contributed by atoms with Gasteiger partial charge in [0.1, 0.15) is 0 Å². The number of alkyl halides is 1. The second-order valence-electron chi connectivity index (χ2n) is 3.03. The van der Waals surface area contributed by atoms with Crippen LogP contribution >= 0.6 is 15.9 Å². The number of halogens is 1. The van der Waals surface area contributed by atoms with E-state index in [4.69, 9.17) is 0 Å². The minimum absolute atomic E-state index is 0.802. The van der Waals surface area contributed by atoms with Crippen LogP contribution in [-0.4, -0.2) is 14.5 Å². The monoisotopic (exact) mass is 251 g/mol. The van der Waals surface area contributed by atoms with Gasteiger partial charge in [-0.15, -0.1) is 0 Å². The Balaban J connectivity index is 2.11. The highest BCUT2D eigenvalue weighted by molar-refractivity contribution is 9.08. The molecule has 0 fully saturated rings. The molecule has 0 saturated heterocycles. The van der Waals surface area contributed by atoms with Gasteiger partial charge in [-0.2, -0.15) is 0 Å². The zero-order valence-electron chi connectivity index (χ0n) is 7.60. The maximum atomic E-state index is 4.23. The number of pyridine rings is 1. The average Bonchev–Trinajstić information content (AvgIpc) is 2.67. The Morgan fingerprint density at radius 3 is 2.71 bits per heavy atom. The van der Waals surface area contributed by atoms with Gasteiger partial charge in [0.25, 0.3) is 0 Å². The van der Waals surface area contributed by atoms with Crippen molar-refractivity contribution in [3.8, 4) is 0 Å². The lowest BCUT2D eigenvalue weighted by Crippen LogP contribution is -1.95. The van der Waals surface area contributed by atoms with Crippen molar-refractivity contribution in [1.29, 1.82) is 0 Å². The molecule has 0 aliphatic carbocycles. The van der Waals surface area contributed by atoms with Crippen molar-refractivity contribution >= 4 is 15.9 Å². The van der Waals surface area contributed by atoms with Gasteiger partial charge >= 0.3 is 0 Å². The topological polar surface area (TPSA) is 30.7 Å². The lowest BCUT2D eigenvalue weighted by Gasteiger charge is -2.00. The van der Waals surface area contributed by atoms with Crippen LogP contribution in [0.4, 0.5) is 0 Å². The van der Waals surface area contributed by atoms with Gasteiger partial charge in [0, 0.05) is 30.5 Å². The van der Waals surface area contributed by atoms with E-state index in [1.54, 1.807) is 12.4 Å². The molecule has 0 N–H and O–H groups in total. The molecule has 2 aromatic heterocycles. The fraction of sp³-hybridized carbons (Fsp3) is 0.200. The maximum absolute atomic E-state index is 4.23. The van der Waals surface area contributed by atoms with Gasteiger partial charge in [-0.1, -0.05) is 15.9 Å². The van der Waals surface area contributed by atoms with Crippen LogP contribution in [0.15, 0.2) is 37.1 Å². The molecule has 3 nitrogen and oxygen atoms in total. The van der Waals surface area contributed by atoms with E-state index in [1.165, 1.54) is 5.56 Å². The molecule has 0 amide bonds. The molecule has 0 bridgehead atoms. The zero-order chi connectivity index (χ0) is 9.80. The van der Waals surface area contributed by atoms with E-state index in [-0.39, 0.29) is 0 Å². The normalized spacial score (nSPS) is 10.4. The Hall–Kier alpha value is -1.16. The SMILES string of the molecule is BrCc1cn(Cc2ccncc2)cn1. The number of rotatable bonds is 3. The van der Waals surface area contributed by atoms with E-state index < -0.39 is 0 Å². The lowest BCUT2D eigenvalue weighted by molar-refractivity contribution is 0.795. The molecule has 0 aromatic carbocycles. The summed E-state index contributed by atoms with van der Waals surface area (Å²) >= 11 is 3.37.